The van der Waals surface area contributed by atoms with E-state index in [9.17, 15) is 17.2 Å². The van der Waals surface area contributed by atoms with Crippen molar-refractivity contribution in [3.8, 4) is 22.5 Å². The summed E-state index contributed by atoms with van der Waals surface area (Å²) in [5.74, 6) is -0.830. The molecule has 4 rings (SSSR count). The summed E-state index contributed by atoms with van der Waals surface area (Å²) < 4.78 is 52.6. The summed E-state index contributed by atoms with van der Waals surface area (Å²) in [6.07, 6.45) is 0. The van der Waals surface area contributed by atoms with Gasteiger partial charge in [0, 0.05) is 11.1 Å². The first-order chi connectivity index (χ1) is 13.4. The molecule has 0 amide bonds. The highest BCUT2D eigenvalue weighted by Crippen LogP contribution is 2.33. The van der Waals surface area contributed by atoms with Crippen LogP contribution in [0.25, 0.3) is 22.5 Å². The summed E-state index contributed by atoms with van der Waals surface area (Å²) >= 11 is 0. The molecule has 0 aliphatic carbocycles. The van der Waals surface area contributed by atoms with Gasteiger partial charge < -0.3 is 4.98 Å². The molecule has 7 heteroatoms. The highest BCUT2D eigenvalue weighted by atomic mass is 32.2. The molecule has 0 saturated carbocycles. The Morgan fingerprint density at radius 3 is 1.82 bits per heavy atom. The number of rotatable bonds is 4. The zero-order chi connectivity index (χ0) is 19.7. The number of nitrogens with one attached hydrogen (secondary N) is 1. The summed E-state index contributed by atoms with van der Waals surface area (Å²) in [7, 11) is -3.89. The van der Waals surface area contributed by atoms with Gasteiger partial charge in [0.05, 0.1) is 16.3 Å². The number of hydrogen-bond donors (Lipinski definition) is 1. The van der Waals surface area contributed by atoms with Crippen LogP contribution >= 0.6 is 0 Å². The fourth-order valence-electron chi connectivity index (χ4n) is 2.83. The first-order valence-corrected chi connectivity index (χ1v) is 9.85. The fraction of sp³-hybridized carbons (Fsp3) is 0. The minimum absolute atomic E-state index is 0.0973. The molecule has 0 fully saturated rings. The van der Waals surface area contributed by atoms with Crippen LogP contribution in [0.2, 0.25) is 0 Å². The van der Waals surface area contributed by atoms with E-state index < -0.39 is 21.5 Å². The Bertz CT molecular complexity index is 1150. The molecule has 4 aromatic rings. The summed E-state index contributed by atoms with van der Waals surface area (Å²) in [6, 6.07) is 19.1. The molecule has 1 heterocycles. The molecule has 1 N–H and O–H groups in total. The van der Waals surface area contributed by atoms with Crippen LogP contribution in [-0.4, -0.2) is 18.4 Å². The zero-order valence-electron chi connectivity index (χ0n) is 14.4. The molecule has 0 atom stereocenters. The molecular formula is C21H14F2N2O2S. The monoisotopic (exact) mass is 396 g/mol. The van der Waals surface area contributed by atoms with Crippen molar-refractivity contribution >= 4 is 9.84 Å². The van der Waals surface area contributed by atoms with Gasteiger partial charge in [-0.15, -0.1) is 0 Å². The van der Waals surface area contributed by atoms with E-state index in [0.717, 1.165) is 0 Å². The number of sulfone groups is 1. The van der Waals surface area contributed by atoms with Gasteiger partial charge in [-0.2, -0.15) is 0 Å². The van der Waals surface area contributed by atoms with Crippen LogP contribution in [0.15, 0.2) is 88.9 Å². The predicted molar refractivity (Wildman–Crippen MR) is 101 cm³/mol. The third-order valence-electron chi connectivity index (χ3n) is 4.24. The number of aromatic nitrogens is 2. The summed E-state index contributed by atoms with van der Waals surface area (Å²) in [5.41, 5.74) is 1.83. The smallest absolute Gasteiger partial charge is 0.239 e. The Balaban J connectivity index is 1.92. The topological polar surface area (TPSA) is 62.8 Å². The van der Waals surface area contributed by atoms with Crippen LogP contribution in [-0.2, 0) is 9.84 Å². The number of benzene rings is 3. The number of H-pyrrole nitrogens is 1. The van der Waals surface area contributed by atoms with Gasteiger partial charge in [0.25, 0.3) is 0 Å². The molecule has 0 bridgehead atoms. The van der Waals surface area contributed by atoms with E-state index in [2.05, 4.69) is 9.97 Å². The highest BCUT2D eigenvalue weighted by Gasteiger charge is 2.25. The minimum Gasteiger partial charge on any atom is -0.328 e. The molecule has 1 aromatic heterocycles. The second kappa shape index (κ2) is 7.01. The predicted octanol–water partition coefficient (Wildman–Crippen LogP) is 4.85. The van der Waals surface area contributed by atoms with Gasteiger partial charge >= 0.3 is 0 Å². The van der Waals surface area contributed by atoms with Gasteiger partial charge in [-0.3, -0.25) is 0 Å². The molecule has 4 nitrogen and oxygen atoms in total. The zero-order valence-corrected chi connectivity index (χ0v) is 15.2. The van der Waals surface area contributed by atoms with Crippen LogP contribution in [0.5, 0.6) is 0 Å². The first-order valence-electron chi connectivity index (χ1n) is 8.37. The van der Waals surface area contributed by atoms with Crippen molar-refractivity contribution in [2.24, 2.45) is 0 Å². The average molecular weight is 396 g/mol. The lowest BCUT2D eigenvalue weighted by molar-refractivity contribution is 0.589. The molecule has 0 unspecified atom stereocenters. The first kappa shape index (κ1) is 18.1. The number of hydrogen-bond acceptors (Lipinski definition) is 3. The molecule has 28 heavy (non-hydrogen) atoms. The van der Waals surface area contributed by atoms with Gasteiger partial charge in [0.2, 0.25) is 15.0 Å². The van der Waals surface area contributed by atoms with Gasteiger partial charge in [-0.1, -0.05) is 18.2 Å². The third kappa shape index (κ3) is 3.32. The van der Waals surface area contributed by atoms with Crippen molar-refractivity contribution in [3.63, 3.8) is 0 Å². The minimum atomic E-state index is -3.89. The van der Waals surface area contributed by atoms with Crippen molar-refractivity contribution in [3.05, 3.63) is 90.5 Å². The van der Waals surface area contributed by atoms with Gasteiger partial charge in [-0.25, -0.2) is 22.2 Å². The SMILES string of the molecule is O=S(=O)(c1ccccc1)c1nc(-c2ccc(F)cc2)c(-c2ccc(F)cc2)[nH]1. The van der Waals surface area contributed by atoms with E-state index >= 15 is 0 Å². The van der Waals surface area contributed by atoms with Crippen LogP contribution < -0.4 is 0 Å². The van der Waals surface area contributed by atoms with Crippen LogP contribution in [0, 0.1) is 11.6 Å². The molecule has 0 spiro atoms. The van der Waals surface area contributed by atoms with Crippen molar-refractivity contribution in [2.75, 3.05) is 0 Å². The van der Waals surface area contributed by atoms with Gasteiger partial charge in [0.15, 0.2) is 0 Å². The van der Waals surface area contributed by atoms with Crippen LogP contribution in [0.1, 0.15) is 0 Å². The van der Waals surface area contributed by atoms with E-state index in [1.165, 1.54) is 60.7 Å². The van der Waals surface area contributed by atoms with Gasteiger partial charge in [0.1, 0.15) is 11.6 Å². The van der Waals surface area contributed by atoms with E-state index in [1.807, 2.05) is 0 Å². The average Bonchev–Trinajstić information content (AvgIpc) is 3.16. The Labute approximate surface area is 160 Å². The second-order valence-corrected chi connectivity index (χ2v) is 7.96. The molecule has 0 radical (unpaired) electrons. The maximum atomic E-state index is 13.3. The largest absolute Gasteiger partial charge is 0.328 e. The highest BCUT2D eigenvalue weighted by molar-refractivity contribution is 7.91. The quantitative estimate of drug-likeness (QED) is 0.536. The Morgan fingerprint density at radius 1 is 0.714 bits per heavy atom. The lowest BCUT2D eigenvalue weighted by Gasteiger charge is -2.03. The van der Waals surface area contributed by atoms with Crippen molar-refractivity contribution in [1.29, 1.82) is 0 Å². The lowest BCUT2D eigenvalue weighted by atomic mass is 10.1. The fourth-order valence-corrected chi connectivity index (χ4v) is 4.02. The van der Waals surface area contributed by atoms with Crippen LogP contribution in [0.4, 0.5) is 8.78 Å². The maximum Gasteiger partial charge on any atom is 0.239 e. The van der Waals surface area contributed by atoms with E-state index in [1.54, 1.807) is 18.2 Å². The lowest BCUT2D eigenvalue weighted by Crippen LogP contribution is -2.04. The summed E-state index contributed by atoms with van der Waals surface area (Å²) in [4.78, 5) is 7.25. The summed E-state index contributed by atoms with van der Waals surface area (Å²) in [6.45, 7) is 0. The van der Waals surface area contributed by atoms with Crippen LogP contribution in [0.3, 0.4) is 0 Å². The maximum absolute atomic E-state index is 13.3. The molecular weight excluding hydrogens is 382 g/mol. The molecule has 0 aliphatic rings. The second-order valence-electron chi connectivity index (χ2n) is 6.10. The Kier molecular flexibility index (Phi) is 4.52. The van der Waals surface area contributed by atoms with Gasteiger partial charge in [-0.05, 0) is 60.7 Å². The third-order valence-corrected chi connectivity index (χ3v) is 5.84. The normalized spacial score (nSPS) is 11.5. The van der Waals surface area contributed by atoms with E-state index in [-0.39, 0.29) is 10.1 Å². The molecule has 140 valence electrons. The molecule has 0 saturated heterocycles. The Hall–Kier alpha value is -3.32. The molecule has 0 aliphatic heterocycles. The van der Waals surface area contributed by atoms with Crippen molar-refractivity contribution < 1.29 is 17.2 Å². The standard InChI is InChI=1S/C21H14F2N2O2S/c22-16-10-6-14(7-11-16)19-20(15-8-12-17(23)13-9-15)25-21(24-19)28(26,27)18-4-2-1-3-5-18/h1-13H,(H,24,25). The Morgan fingerprint density at radius 2 is 1.25 bits per heavy atom. The number of nitrogens with zero attached hydrogens (tertiary/aromatic N) is 1. The number of halogens is 2. The number of imidazole rings is 1. The van der Waals surface area contributed by atoms with E-state index in [4.69, 9.17) is 0 Å². The molecule has 3 aromatic carbocycles. The summed E-state index contributed by atoms with van der Waals surface area (Å²) in [5, 5.41) is -0.239. The van der Waals surface area contributed by atoms with Crippen molar-refractivity contribution in [1.82, 2.24) is 9.97 Å². The van der Waals surface area contributed by atoms with E-state index in [0.29, 0.717) is 22.5 Å². The van der Waals surface area contributed by atoms with Crippen molar-refractivity contribution in [2.45, 2.75) is 10.1 Å². The number of aromatic amines is 1.